The molecule has 0 aromatic heterocycles. The van der Waals surface area contributed by atoms with Gasteiger partial charge in [-0.2, -0.15) is 13.2 Å². The fourth-order valence-corrected chi connectivity index (χ4v) is 4.04. The smallest absolute Gasteiger partial charge is 0.308 e. The highest BCUT2D eigenvalue weighted by Gasteiger charge is 2.33. The third-order valence-electron chi connectivity index (χ3n) is 3.77. The van der Waals surface area contributed by atoms with Gasteiger partial charge in [-0.3, -0.25) is 0 Å². The molecule has 1 saturated heterocycles. The zero-order chi connectivity index (χ0) is 18.0. The normalized spacial score (nSPS) is 17.6. The molecule has 0 radical (unpaired) electrons. The number of thioether (sulfide) groups is 1. The molecule has 0 aliphatic carbocycles. The fourth-order valence-electron chi connectivity index (χ4n) is 2.52. The summed E-state index contributed by atoms with van der Waals surface area (Å²) in [4.78, 5) is 14.2. The Bertz CT molecular complexity index is 750. The highest BCUT2D eigenvalue weighted by Crippen LogP contribution is 2.39. The Kier molecular flexibility index (Phi) is 5.29. The predicted molar refractivity (Wildman–Crippen MR) is 96.5 cm³/mol. The minimum Gasteiger partial charge on any atom is -0.308 e. The van der Waals surface area contributed by atoms with E-state index in [4.69, 9.17) is 0 Å². The molecule has 2 aromatic rings. The Labute approximate surface area is 155 Å². The van der Waals surface area contributed by atoms with Crippen molar-refractivity contribution in [1.82, 2.24) is 4.90 Å². The Hall–Kier alpha value is -1.67. The van der Waals surface area contributed by atoms with Crippen molar-refractivity contribution in [2.45, 2.75) is 11.6 Å². The molecule has 1 unspecified atom stereocenters. The van der Waals surface area contributed by atoms with Crippen LogP contribution in [-0.4, -0.2) is 23.2 Å². The molecule has 132 valence electrons. The molecule has 2 aromatic carbocycles. The number of amides is 2. The summed E-state index contributed by atoms with van der Waals surface area (Å²) in [6, 6.07) is 11.9. The third kappa shape index (κ3) is 4.30. The second kappa shape index (κ2) is 7.29. The number of urea groups is 1. The van der Waals surface area contributed by atoms with Crippen LogP contribution in [0.5, 0.6) is 0 Å². The molecule has 3 rings (SSSR count). The lowest BCUT2D eigenvalue weighted by Crippen LogP contribution is -2.34. The molecular formula is C17H14BrF3N2OS. The van der Waals surface area contributed by atoms with Crippen LogP contribution in [0.3, 0.4) is 0 Å². The molecule has 2 amide bonds. The Morgan fingerprint density at radius 2 is 1.76 bits per heavy atom. The molecule has 1 aliphatic heterocycles. The van der Waals surface area contributed by atoms with E-state index in [-0.39, 0.29) is 11.4 Å². The zero-order valence-corrected chi connectivity index (χ0v) is 15.3. The molecule has 0 spiro atoms. The van der Waals surface area contributed by atoms with Crippen LogP contribution in [0.2, 0.25) is 0 Å². The number of anilines is 1. The van der Waals surface area contributed by atoms with Crippen LogP contribution < -0.4 is 5.32 Å². The summed E-state index contributed by atoms with van der Waals surface area (Å²) < 4.78 is 39.0. The highest BCUT2D eigenvalue weighted by atomic mass is 79.9. The van der Waals surface area contributed by atoms with Crippen LogP contribution in [0, 0.1) is 0 Å². The maximum atomic E-state index is 12.7. The van der Waals surface area contributed by atoms with E-state index in [1.54, 1.807) is 17.0 Å². The van der Waals surface area contributed by atoms with E-state index < -0.39 is 11.7 Å². The lowest BCUT2D eigenvalue weighted by Gasteiger charge is -2.24. The van der Waals surface area contributed by atoms with E-state index >= 15 is 0 Å². The van der Waals surface area contributed by atoms with Gasteiger partial charge in [-0.25, -0.2) is 4.79 Å². The van der Waals surface area contributed by atoms with Gasteiger partial charge in [-0.15, -0.1) is 11.8 Å². The van der Waals surface area contributed by atoms with Gasteiger partial charge in [0.1, 0.15) is 5.37 Å². The summed E-state index contributed by atoms with van der Waals surface area (Å²) in [5.74, 6) is 0.736. The van der Waals surface area contributed by atoms with Crippen molar-refractivity contribution in [3.63, 3.8) is 0 Å². The number of carbonyl (C=O) groups excluding carboxylic acids is 1. The van der Waals surface area contributed by atoms with Crippen LogP contribution in [0.1, 0.15) is 16.5 Å². The molecule has 1 atom stereocenters. The van der Waals surface area contributed by atoms with Gasteiger partial charge >= 0.3 is 12.2 Å². The van der Waals surface area contributed by atoms with Crippen molar-refractivity contribution >= 4 is 39.4 Å². The SMILES string of the molecule is O=C(Nc1ccc(Br)cc1)N1CCSC1c1ccc(C(F)(F)F)cc1. The van der Waals surface area contributed by atoms with Gasteiger partial charge in [-0.1, -0.05) is 28.1 Å². The first-order valence-electron chi connectivity index (χ1n) is 7.46. The van der Waals surface area contributed by atoms with E-state index in [2.05, 4.69) is 21.2 Å². The van der Waals surface area contributed by atoms with Gasteiger partial charge in [0, 0.05) is 22.5 Å². The number of hydrogen-bond acceptors (Lipinski definition) is 2. The molecular weight excluding hydrogens is 417 g/mol. The van der Waals surface area contributed by atoms with Gasteiger partial charge < -0.3 is 10.2 Å². The summed E-state index contributed by atoms with van der Waals surface area (Å²) in [6.45, 7) is 0.540. The Balaban J connectivity index is 1.73. The molecule has 1 fully saturated rings. The van der Waals surface area contributed by atoms with Gasteiger partial charge in [0.25, 0.3) is 0 Å². The van der Waals surface area contributed by atoms with Crippen LogP contribution in [0.15, 0.2) is 53.0 Å². The number of rotatable bonds is 2. The van der Waals surface area contributed by atoms with E-state index in [9.17, 15) is 18.0 Å². The molecule has 0 bridgehead atoms. The van der Waals surface area contributed by atoms with Crippen LogP contribution >= 0.6 is 27.7 Å². The molecule has 0 saturated carbocycles. The van der Waals surface area contributed by atoms with Crippen molar-refractivity contribution in [3.8, 4) is 0 Å². The maximum absolute atomic E-state index is 12.7. The molecule has 1 aliphatic rings. The van der Waals surface area contributed by atoms with Crippen LogP contribution in [0.25, 0.3) is 0 Å². The predicted octanol–water partition coefficient (Wildman–Crippen LogP) is 5.75. The van der Waals surface area contributed by atoms with Crippen molar-refractivity contribution < 1.29 is 18.0 Å². The standard InChI is InChI=1S/C17H14BrF3N2OS/c18-13-5-7-14(8-6-13)22-16(24)23-9-10-25-15(23)11-1-3-12(4-2-11)17(19,20)21/h1-8,15H,9-10H2,(H,22,24). The summed E-state index contributed by atoms with van der Waals surface area (Å²) in [5, 5.41) is 2.53. The first-order chi connectivity index (χ1) is 11.8. The molecule has 8 heteroatoms. The second-order valence-electron chi connectivity index (χ2n) is 5.47. The fraction of sp³-hybridized carbons (Fsp3) is 0.235. The van der Waals surface area contributed by atoms with Gasteiger partial charge in [0.2, 0.25) is 0 Å². The number of benzene rings is 2. The van der Waals surface area contributed by atoms with Crippen LogP contribution in [-0.2, 0) is 6.18 Å². The van der Waals surface area contributed by atoms with Gasteiger partial charge in [0.15, 0.2) is 0 Å². The Morgan fingerprint density at radius 3 is 2.36 bits per heavy atom. The summed E-state index contributed by atoms with van der Waals surface area (Å²) in [6.07, 6.45) is -4.36. The van der Waals surface area contributed by atoms with Crippen LogP contribution in [0.4, 0.5) is 23.7 Å². The quantitative estimate of drug-likeness (QED) is 0.657. The first-order valence-corrected chi connectivity index (χ1v) is 9.31. The number of hydrogen-bond donors (Lipinski definition) is 1. The number of nitrogens with zero attached hydrogens (tertiary/aromatic N) is 1. The third-order valence-corrected chi connectivity index (χ3v) is 5.56. The van der Waals surface area contributed by atoms with Gasteiger partial charge in [-0.05, 0) is 42.0 Å². The van der Waals surface area contributed by atoms with Crippen molar-refractivity contribution in [1.29, 1.82) is 0 Å². The number of alkyl halides is 3. The average molecular weight is 431 g/mol. The van der Waals surface area contributed by atoms with Crippen molar-refractivity contribution in [3.05, 3.63) is 64.1 Å². The zero-order valence-electron chi connectivity index (χ0n) is 12.9. The largest absolute Gasteiger partial charge is 0.416 e. The Morgan fingerprint density at radius 1 is 1.12 bits per heavy atom. The number of nitrogens with one attached hydrogen (secondary N) is 1. The van der Waals surface area contributed by atoms with E-state index in [0.29, 0.717) is 17.8 Å². The van der Waals surface area contributed by atoms with Crippen molar-refractivity contribution in [2.75, 3.05) is 17.6 Å². The minimum atomic E-state index is -4.36. The molecule has 3 nitrogen and oxygen atoms in total. The summed E-state index contributed by atoms with van der Waals surface area (Å²) >= 11 is 4.87. The molecule has 1 N–H and O–H groups in total. The summed E-state index contributed by atoms with van der Waals surface area (Å²) in [5.41, 5.74) is 0.655. The monoisotopic (exact) mass is 430 g/mol. The van der Waals surface area contributed by atoms with Gasteiger partial charge in [0.05, 0.1) is 5.56 Å². The van der Waals surface area contributed by atoms with E-state index in [1.807, 2.05) is 12.1 Å². The lowest BCUT2D eigenvalue weighted by atomic mass is 10.1. The lowest BCUT2D eigenvalue weighted by molar-refractivity contribution is -0.137. The van der Waals surface area contributed by atoms with E-state index in [1.165, 1.54) is 23.9 Å². The number of carbonyl (C=O) groups is 1. The summed E-state index contributed by atoms with van der Waals surface area (Å²) in [7, 11) is 0. The molecule has 1 heterocycles. The maximum Gasteiger partial charge on any atom is 0.416 e. The molecule has 25 heavy (non-hydrogen) atoms. The van der Waals surface area contributed by atoms with E-state index in [0.717, 1.165) is 22.4 Å². The first kappa shape index (κ1) is 18.1. The average Bonchev–Trinajstić information content (AvgIpc) is 3.06. The topological polar surface area (TPSA) is 32.3 Å². The number of halogens is 4. The highest BCUT2D eigenvalue weighted by molar-refractivity contribution is 9.10. The van der Waals surface area contributed by atoms with Crippen molar-refractivity contribution in [2.24, 2.45) is 0 Å². The second-order valence-corrected chi connectivity index (χ2v) is 7.58. The minimum absolute atomic E-state index is 0.266.